The van der Waals surface area contributed by atoms with Crippen molar-refractivity contribution in [3.8, 4) is 0 Å². The maximum Gasteiger partial charge on any atom is 0.254 e. The third kappa shape index (κ3) is 4.76. The molecule has 2 aliphatic heterocycles. The lowest BCUT2D eigenvalue weighted by Gasteiger charge is -2.29. The van der Waals surface area contributed by atoms with Gasteiger partial charge in [-0.3, -0.25) is 9.59 Å². The van der Waals surface area contributed by atoms with Gasteiger partial charge < -0.3 is 15.1 Å². The highest BCUT2D eigenvalue weighted by atomic mass is 16.2. The number of hydrogen-bond acceptors (Lipinski definition) is 3. The maximum atomic E-state index is 13.2. The van der Waals surface area contributed by atoms with Crippen molar-refractivity contribution in [2.75, 3.05) is 32.7 Å². The highest BCUT2D eigenvalue weighted by molar-refractivity contribution is 5.97. The number of carbonyl (C=O) groups is 2. The molecule has 2 amide bonds. The van der Waals surface area contributed by atoms with Crippen molar-refractivity contribution in [2.24, 2.45) is 17.8 Å². The third-order valence-electron chi connectivity index (χ3n) is 8.27. The Morgan fingerprint density at radius 3 is 2.15 bits per heavy atom. The van der Waals surface area contributed by atoms with Crippen LogP contribution < -0.4 is 5.32 Å². The van der Waals surface area contributed by atoms with Crippen LogP contribution in [0.1, 0.15) is 58.8 Å². The van der Waals surface area contributed by atoms with Crippen LogP contribution in [0.5, 0.6) is 0 Å². The van der Waals surface area contributed by atoms with E-state index >= 15 is 0 Å². The van der Waals surface area contributed by atoms with E-state index < -0.39 is 0 Å². The van der Waals surface area contributed by atoms with Gasteiger partial charge in [0.1, 0.15) is 0 Å². The largest absolute Gasteiger partial charge is 0.349 e. The molecular formula is C29H37N3O2. The van der Waals surface area contributed by atoms with E-state index in [4.69, 9.17) is 0 Å². The highest BCUT2D eigenvalue weighted by Gasteiger charge is 2.42. The average molecular weight is 460 g/mol. The van der Waals surface area contributed by atoms with Crippen molar-refractivity contribution in [1.29, 1.82) is 0 Å². The average Bonchev–Trinajstić information content (AvgIpc) is 3.35. The van der Waals surface area contributed by atoms with Gasteiger partial charge in [-0.25, -0.2) is 0 Å². The van der Waals surface area contributed by atoms with Crippen molar-refractivity contribution in [3.63, 3.8) is 0 Å². The summed E-state index contributed by atoms with van der Waals surface area (Å²) >= 11 is 0. The molecule has 3 fully saturated rings. The molecular weight excluding hydrogens is 422 g/mol. The molecule has 0 bridgehead atoms. The van der Waals surface area contributed by atoms with Crippen molar-refractivity contribution in [2.45, 2.75) is 45.6 Å². The normalized spacial score (nSPS) is 23.4. The molecule has 1 N–H and O–H groups in total. The van der Waals surface area contributed by atoms with Gasteiger partial charge in [0.2, 0.25) is 5.91 Å². The van der Waals surface area contributed by atoms with Gasteiger partial charge in [-0.2, -0.15) is 0 Å². The third-order valence-corrected chi connectivity index (χ3v) is 8.27. The van der Waals surface area contributed by atoms with E-state index in [9.17, 15) is 9.59 Å². The lowest BCUT2D eigenvalue weighted by molar-refractivity contribution is -0.128. The van der Waals surface area contributed by atoms with E-state index in [2.05, 4.69) is 39.4 Å². The summed E-state index contributed by atoms with van der Waals surface area (Å²) in [5, 5.41) is 3.34. The minimum absolute atomic E-state index is 0.0665. The number of nitrogens with one attached hydrogen (secondary N) is 1. The molecule has 1 aliphatic carbocycles. The Balaban J connectivity index is 1.17. The quantitative estimate of drug-likeness (QED) is 0.670. The fourth-order valence-corrected chi connectivity index (χ4v) is 6.03. The second kappa shape index (κ2) is 9.91. The number of carbonyl (C=O) groups excluding carboxylic acids is 2. The Kier molecular flexibility index (Phi) is 6.73. The van der Waals surface area contributed by atoms with Crippen molar-refractivity contribution < 1.29 is 9.59 Å². The minimum atomic E-state index is 0.0665. The van der Waals surface area contributed by atoms with E-state index in [-0.39, 0.29) is 23.8 Å². The predicted octanol–water partition coefficient (Wildman–Crippen LogP) is 4.35. The van der Waals surface area contributed by atoms with E-state index in [1.54, 1.807) is 0 Å². The molecule has 0 radical (unpaired) electrons. The fraction of sp³-hybridized carbons (Fsp3) is 0.517. The van der Waals surface area contributed by atoms with Crippen LogP contribution in [0.15, 0.2) is 48.5 Å². The zero-order valence-electron chi connectivity index (χ0n) is 20.5. The van der Waals surface area contributed by atoms with Gasteiger partial charge in [0, 0.05) is 44.2 Å². The van der Waals surface area contributed by atoms with Crippen LogP contribution >= 0.6 is 0 Å². The monoisotopic (exact) mass is 459 g/mol. The summed E-state index contributed by atoms with van der Waals surface area (Å²) in [5.41, 5.74) is 4.21. The standard InChI is InChI=1S/C29H37N3O2/c1-20-8-6-9-21(2)27(20)29(34)32-18-24-16-31(17-25(24)19-32)15-14-26(22-10-4-3-5-11-22)30-28(33)23-12-7-13-23/h3-6,8-11,23-26H,7,12-19H2,1-2H3,(H,30,33)/t24?,25?,26-/m0/s1. The zero-order valence-corrected chi connectivity index (χ0v) is 20.5. The van der Waals surface area contributed by atoms with E-state index in [0.29, 0.717) is 11.8 Å². The Morgan fingerprint density at radius 1 is 0.912 bits per heavy atom. The van der Waals surface area contributed by atoms with Crippen LogP contribution in [0, 0.1) is 31.6 Å². The van der Waals surface area contributed by atoms with E-state index in [1.165, 1.54) is 12.0 Å². The summed E-state index contributed by atoms with van der Waals surface area (Å²) in [4.78, 5) is 30.5. The van der Waals surface area contributed by atoms with Gasteiger partial charge in [0.25, 0.3) is 5.91 Å². The summed E-state index contributed by atoms with van der Waals surface area (Å²) in [6.45, 7) is 8.83. The number of aryl methyl sites for hydroxylation is 2. The molecule has 2 aromatic carbocycles. The van der Waals surface area contributed by atoms with E-state index in [0.717, 1.165) is 68.7 Å². The topological polar surface area (TPSA) is 52.7 Å². The molecule has 0 aromatic heterocycles. The van der Waals surface area contributed by atoms with Crippen LogP contribution in [0.2, 0.25) is 0 Å². The molecule has 2 saturated heterocycles. The first-order chi connectivity index (χ1) is 16.5. The van der Waals surface area contributed by atoms with E-state index in [1.807, 2.05) is 38.1 Å². The summed E-state index contributed by atoms with van der Waals surface area (Å²) in [6, 6.07) is 16.5. The van der Waals surface area contributed by atoms with Crippen molar-refractivity contribution in [3.05, 3.63) is 70.8 Å². The Labute approximate surface area is 203 Å². The fourth-order valence-electron chi connectivity index (χ4n) is 6.03. The summed E-state index contributed by atoms with van der Waals surface area (Å²) in [7, 11) is 0. The van der Waals surface area contributed by atoms with Crippen LogP contribution in [0.4, 0.5) is 0 Å². The number of nitrogens with zero attached hydrogens (tertiary/aromatic N) is 2. The molecule has 5 nitrogen and oxygen atoms in total. The summed E-state index contributed by atoms with van der Waals surface area (Å²) in [6.07, 6.45) is 4.15. The SMILES string of the molecule is Cc1cccc(C)c1C(=O)N1CC2CN(CC[C@H](NC(=O)C3CCC3)c3ccccc3)CC2C1. The second-order valence-electron chi connectivity index (χ2n) is 10.6. The summed E-state index contributed by atoms with van der Waals surface area (Å²) in [5.74, 6) is 1.72. The first kappa shape index (κ1) is 23.1. The minimum Gasteiger partial charge on any atom is -0.349 e. The number of benzene rings is 2. The van der Waals surface area contributed by atoms with Crippen LogP contribution in [0.3, 0.4) is 0 Å². The number of hydrogen-bond donors (Lipinski definition) is 1. The number of amides is 2. The van der Waals surface area contributed by atoms with Crippen LogP contribution in [-0.2, 0) is 4.79 Å². The van der Waals surface area contributed by atoms with Crippen LogP contribution in [0.25, 0.3) is 0 Å². The molecule has 3 aliphatic rings. The Hall–Kier alpha value is -2.66. The first-order valence-corrected chi connectivity index (χ1v) is 12.9. The Bertz CT molecular complexity index is 999. The van der Waals surface area contributed by atoms with Gasteiger partial charge in [0.05, 0.1) is 6.04 Å². The van der Waals surface area contributed by atoms with Crippen LogP contribution in [-0.4, -0.2) is 54.3 Å². The second-order valence-corrected chi connectivity index (χ2v) is 10.6. The van der Waals surface area contributed by atoms with Crippen molar-refractivity contribution >= 4 is 11.8 Å². The number of likely N-dealkylation sites (tertiary alicyclic amines) is 2. The summed E-state index contributed by atoms with van der Waals surface area (Å²) < 4.78 is 0. The molecule has 2 unspecified atom stereocenters. The molecule has 2 heterocycles. The van der Waals surface area contributed by atoms with Gasteiger partial charge in [-0.05, 0) is 61.6 Å². The first-order valence-electron chi connectivity index (χ1n) is 12.9. The lowest BCUT2D eigenvalue weighted by Crippen LogP contribution is -2.38. The zero-order chi connectivity index (χ0) is 23.7. The number of rotatable bonds is 7. The molecule has 1 saturated carbocycles. The van der Waals surface area contributed by atoms with Gasteiger partial charge in [-0.1, -0.05) is 55.0 Å². The molecule has 34 heavy (non-hydrogen) atoms. The van der Waals surface area contributed by atoms with Gasteiger partial charge >= 0.3 is 0 Å². The molecule has 0 spiro atoms. The molecule has 5 heteroatoms. The van der Waals surface area contributed by atoms with Gasteiger partial charge in [0.15, 0.2) is 0 Å². The maximum absolute atomic E-state index is 13.2. The molecule has 3 atom stereocenters. The highest BCUT2D eigenvalue weighted by Crippen LogP contribution is 2.33. The lowest BCUT2D eigenvalue weighted by atomic mass is 9.84. The molecule has 5 rings (SSSR count). The van der Waals surface area contributed by atoms with Gasteiger partial charge in [-0.15, -0.1) is 0 Å². The van der Waals surface area contributed by atoms with Crippen molar-refractivity contribution in [1.82, 2.24) is 15.1 Å². The smallest absolute Gasteiger partial charge is 0.254 e. The number of fused-ring (bicyclic) bond motifs is 1. The molecule has 2 aromatic rings. The Morgan fingerprint density at radius 2 is 1.56 bits per heavy atom. The predicted molar refractivity (Wildman–Crippen MR) is 135 cm³/mol. The molecule has 180 valence electrons.